The van der Waals surface area contributed by atoms with Crippen LogP contribution in [0.15, 0.2) is 36.5 Å². The molecule has 0 heterocycles. The van der Waals surface area contributed by atoms with Crippen molar-refractivity contribution in [2.75, 3.05) is 27.7 Å². The van der Waals surface area contributed by atoms with Gasteiger partial charge in [0.2, 0.25) is 0 Å². The van der Waals surface area contributed by atoms with Crippen LogP contribution >= 0.6 is 0 Å². The lowest BCUT2D eigenvalue weighted by atomic mass is 10.2. The van der Waals surface area contributed by atoms with Gasteiger partial charge in [0.05, 0.1) is 34.0 Å². The number of aliphatic carboxylic acids is 2. The molecule has 0 saturated heterocycles. The fourth-order valence-electron chi connectivity index (χ4n) is 1.79. The number of hydrogen-bond acceptors (Lipinski definition) is 5. The number of nitrogens with zero attached hydrogens (tertiary/aromatic N) is 1. The number of rotatable bonds is 11. The summed E-state index contributed by atoms with van der Waals surface area (Å²) >= 11 is 0. The molecule has 7 nitrogen and oxygen atoms in total. The first-order chi connectivity index (χ1) is 11.1. The molecule has 134 valence electrons. The van der Waals surface area contributed by atoms with Crippen LogP contribution in [0, 0.1) is 0 Å². The molecule has 1 atom stereocenters. The van der Waals surface area contributed by atoms with E-state index in [9.17, 15) is 19.5 Å². The first-order valence-electron chi connectivity index (χ1n) is 7.50. The molecule has 0 aromatic heterocycles. The van der Waals surface area contributed by atoms with Gasteiger partial charge in [0.1, 0.15) is 6.54 Å². The molecular weight excluding hydrogens is 314 g/mol. The van der Waals surface area contributed by atoms with Gasteiger partial charge in [0, 0.05) is 12.4 Å². The number of carboxylic acids is 2. The van der Waals surface area contributed by atoms with Crippen molar-refractivity contribution in [3.8, 4) is 0 Å². The molecule has 0 aromatic carbocycles. The minimum absolute atomic E-state index is 0.0177. The van der Waals surface area contributed by atoms with Crippen molar-refractivity contribution in [1.29, 1.82) is 0 Å². The van der Waals surface area contributed by atoms with Crippen molar-refractivity contribution in [2.24, 2.45) is 0 Å². The number of ether oxygens (including phenoxy) is 1. The molecule has 0 rings (SSSR count). The Balaban J connectivity index is 4.30. The maximum atomic E-state index is 11.7. The molecule has 7 heteroatoms. The van der Waals surface area contributed by atoms with Crippen LogP contribution in [0.4, 0.5) is 0 Å². The zero-order chi connectivity index (χ0) is 18.6. The summed E-state index contributed by atoms with van der Waals surface area (Å²) < 4.78 is 5.64. The molecule has 0 fully saturated rings. The highest BCUT2D eigenvalue weighted by atomic mass is 16.5. The van der Waals surface area contributed by atoms with Gasteiger partial charge in [-0.25, -0.2) is 0 Å². The van der Waals surface area contributed by atoms with Crippen LogP contribution in [0.5, 0.6) is 0 Å². The first-order valence-corrected chi connectivity index (χ1v) is 7.50. The molecule has 0 saturated carbocycles. The zero-order valence-electron chi connectivity index (χ0n) is 14.3. The van der Waals surface area contributed by atoms with E-state index in [0.717, 1.165) is 0 Å². The molecule has 1 unspecified atom stereocenters. The van der Waals surface area contributed by atoms with E-state index in [-0.39, 0.29) is 19.3 Å². The summed E-state index contributed by atoms with van der Waals surface area (Å²) in [5.41, 5.74) is 0. The smallest absolute Gasteiger partial charge is 0.310 e. The predicted molar refractivity (Wildman–Crippen MR) is 86.7 cm³/mol. The van der Waals surface area contributed by atoms with Crippen LogP contribution in [-0.2, 0) is 19.1 Å². The van der Waals surface area contributed by atoms with Crippen molar-refractivity contribution in [3.05, 3.63) is 36.5 Å². The molecule has 0 aliphatic rings. The predicted octanol–water partition coefficient (Wildman–Crippen LogP) is 0.278. The monoisotopic (exact) mass is 339 g/mol. The van der Waals surface area contributed by atoms with E-state index in [1.54, 1.807) is 30.4 Å². The molecule has 0 aromatic rings. The van der Waals surface area contributed by atoms with Crippen LogP contribution in [0.1, 0.15) is 19.3 Å². The minimum Gasteiger partial charge on any atom is -0.550 e. The maximum absolute atomic E-state index is 11.7. The van der Waals surface area contributed by atoms with E-state index in [1.807, 2.05) is 21.1 Å². The topological polar surface area (TPSA) is 104 Å². The molecule has 0 amide bonds. The van der Waals surface area contributed by atoms with Crippen LogP contribution in [-0.4, -0.2) is 61.3 Å². The number of allylic oxidation sites excluding steroid dienone is 4. The highest BCUT2D eigenvalue weighted by Gasteiger charge is 2.21. The third-order valence-corrected chi connectivity index (χ3v) is 2.63. The number of likely N-dealkylation sites (N-methyl/N-ethyl adjacent to an activating group) is 1. The van der Waals surface area contributed by atoms with Gasteiger partial charge in [-0.1, -0.05) is 36.5 Å². The Labute approximate surface area is 142 Å². The molecule has 0 radical (unpaired) electrons. The average Bonchev–Trinajstić information content (AvgIpc) is 2.38. The van der Waals surface area contributed by atoms with Crippen LogP contribution in [0.25, 0.3) is 0 Å². The maximum Gasteiger partial charge on any atom is 0.310 e. The van der Waals surface area contributed by atoms with Crippen LogP contribution in [0.3, 0.4) is 0 Å². The lowest BCUT2D eigenvalue weighted by Crippen LogP contribution is -2.45. The van der Waals surface area contributed by atoms with Gasteiger partial charge >= 0.3 is 11.9 Å². The summed E-state index contributed by atoms with van der Waals surface area (Å²) in [6, 6.07) is 0. The number of esters is 1. The molecule has 0 spiro atoms. The third-order valence-electron chi connectivity index (χ3n) is 2.63. The van der Waals surface area contributed by atoms with E-state index in [4.69, 9.17) is 9.84 Å². The van der Waals surface area contributed by atoms with Gasteiger partial charge in [-0.3, -0.25) is 9.59 Å². The number of hydrogen-bond donors (Lipinski definition) is 1. The van der Waals surface area contributed by atoms with E-state index < -0.39 is 24.0 Å². The van der Waals surface area contributed by atoms with Crippen molar-refractivity contribution in [1.82, 2.24) is 0 Å². The number of quaternary nitrogens is 1. The second kappa shape index (κ2) is 11.2. The Morgan fingerprint density at radius 3 is 2.04 bits per heavy atom. The summed E-state index contributed by atoms with van der Waals surface area (Å²) in [7, 11) is 5.62. The van der Waals surface area contributed by atoms with Gasteiger partial charge in [-0.05, 0) is 0 Å². The summed E-state index contributed by atoms with van der Waals surface area (Å²) in [4.78, 5) is 32.7. The zero-order valence-corrected chi connectivity index (χ0v) is 14.3. The lowest BCUT2D eigenvalue weighted by Gasteiger charge is -2.29. The Morgan fingerprint density at radius 2 is 1.58 bits per heavy atom. The summed E-state index contributed by atoms with van der Waals surface area (Å²) in [5, 5.41) is 19.2. The first kappa shape index (κ1) is 21.6. The van der Waals surface area contributed by atoms with Crippen LogP contribution in [0.2, 0.25) is 0 Å². The van der Waals surface area contributed by atoms with Gasteiger partial charge in [0.25, 0.3) is 0 Å². The van der Waals surface area contributed by atoms with E-state index >= 15 is 0 Å². The van der Waals surface area contributed by atoms with E-state index in [1.165, 1.54) is 6.08 Å². The third kappa shape index (κ3) is 14.5. The quantitative estimate of drug-likeness (QED) is 0.329. The fourth-order valence-corrected chi connectivity index (χ4v) is 1.79. The molecule has 1 N–H and O–H groups in total. The van der Waals surface area contributed by atoms with E-state index in [0.29, 0.717) is 11.0 Å². The SMILES string of the molecule is C[N+](C)(C)CC(CC(=O)[O-])OC(=O)C/C=C/C=C/C=C/CC(=O)O. The van der Waals surface area contributed by atoms with Gasteiger partial charge in [0.15, 0.2) is 6.10 Å². The molecule has 0 aliphatic heterocycles. The Kier molecular flexibility index (Phi) is 10.1. The molecular formula is C17H25NO6. The molecule has 24 heavy (non-hydrogen) atoms. The Morgan fingerprint density at radius 1 is 1.04 bits per heavy atom. The Hall–Kier alpha value is -2.41. The van der Waals surface area contributed by atoms with Crippen molar-refractivity contribution in [2.45, 2.75) is 25.4 Å². The van der Waals surface area contributed by atoms with Crippen molar-refractivity contribution in [3.63, 3.8) is 0 Å². The highest BCUT2D eigenvalue weighted by molar-refractivity contribution is 5.72. The number of carboxylic acid groups (broad SMARTS) is 2. The second-order valence-corrected chi connectivity index (χ2v) is 6.20. The average molecular weight is 339 g/mol. The fraction of sp³-hybridized carbons (Fsp3) is 0.471. The van der Waals surface area contributed by atoms with Crippen LogP contribution < -0.4 is 5.11 Å². The van der Waals surface area contributed by atoms with Gasteiger partial charge < -0.3 is 24.2 Å². The standard InChI is InChI=1S/C17H25NO6/c1-18(2,3)13-14(12-16(21)22)24-17(23)11-9-7-5-4-6-8-10-15(19)20/h4-9,14H,10-13H2,1-3H3,(H-,19,20,21,22)/b5-4+,8-6+,9-7+. The minimum atomic E-state index is -1.26. The largest absolute Gasteiger partial charge is 0.550 e. The summed E-state index contributed by atoms with van der Waals surface area (Å²) in [5.74, 6) is -2.67. The molecule has 0 aliphatic carbocycles. The lowest BCUT2D eigenvalue weighted by molar-refractivity contribution is -0.873. The van der Waals surface area contributed by atoms with Crippen molar-refractivity contribution < 1.29 is 33.8 Å². The van der Waals surface area contributed by atoms with Crippen molar-refractivity contribution >= 4 is 17.9 Å². The van der Waals surface area contributed by atoms with Gasteiger partial charge in [-0.15, -0.1) is 0 Å². The van der Waals surface area contributed by atoms with Gasteiger partial charge in [-0.2, -0.15) is 0 Å². The summed E-state index contributed by atoms with van der Waals surface area (Å²) in [6.45, 7) is 0.373. The normalized spacial score (nSPS) is 13.6. The molecule has 0 bridgehead atoms. The second-order valence-electron chi connectivity index (χ2n) is 6.20. The number of carbonyl (C=O) groups excluding carboxylic acids is 2. The number of carbonyl (C=O) groups is 3. The summed E-state index contributed by atoms with van der Waals surface area (Å²) in [6.07, 6.45) is 8.48. The Bertz CT molecular complexity index is 514. The highest BCUT2D eigenvalue weighted by Crippen LogP contribution is 2.06. The van der Waals surface area contributed by atoms with E-state index in [2.05, 4.69) is 0 Å².